The molecule has 0 saturated heterocycles. The van der Waals surface area contributed by atoms with Crippen molar-refractivity contribution in [3.8, 4) is 118 Å². The molecule has 0 unspecified atom stereocenters. The molecule has 82 heavy (non-hydrogen) atoms. The van der Waals surface area contributed by atoms with Gasteiger partial charge in [0.1, 0.15) is 0 Å². The van der Waals surface area contributed by atoms with Crippen LogP contribution in [0.1, 0.15) is 22.3 Å². The van der Waals surface area contributed by atoms with Gasteiger partial charge in [-0.15, -0.1) is 0 Å². The van der Waals surface area contributed by atoms with Gasteiger partial charge in [-0.3, -0.25) is 0 Å². The van der Waals surface area contributed by atoms with Crippen LogP contribution in [-0.2, 0) is 5.41 Å². The number of hydrogen-bond acceptors (Lipinski definition) is 5. The molecule has 0 amide bonds. The smallest absolute Gasteiger partial charge is 0.170 e. The Balaban J connectivity index is 0.712. The van der Waals surface area contributed by atoms with Gasteiger partial charge in [0, 0.05) is 33.2 Å². The summed E-state index contributed by atoms with van der Waals surface area (Å²) in [6, 6.07) is 99.5. The zero-order valence-electron chi connectivity index (χ0n) is 44.2. The van der Waals surface area contributed by atoms with Gasteiger partial charge in [0.2, 0.25) is 0 Å². The van der Waals surface area contributed by atoms with Crippen molar-refractivity contribution in [1.29, 1.82) is 0 Å². The minimum absolute atomic E-state index is 0.570. The molecule has 2 aliphatic carbocycles. The van der Waals surface area contributed by atoms with Crippen LogP contribution in [-0.4, -0.2) is 19.5 Å². The maximum absolute atomic E-state index is 6.64. The standard InChI is InChI=1S/C76H46N4O2/c1-3-16-50(17-4-1)73-77-74(51-18-5-2-6-19-51)79-75(78-73)52-36-34-48(35-37-52)47-30-32-49(33-31-47)53-20-15-21-56(42-53)80-67-27-12-9-24-60(67)62-43-54(39-41-68(62)80)55-38-40-59-61-45-71-72(82-70-29-14-13-28-69(70)81-71)46-66(61)76(65(59)44-55)63-25-10-7-22-57(63)58-23-8-11-26-64(58)76/h1-46H. The number of hydrogen-bond donors (Lipinski definition) is 0. The largest absolute Gasteiger partial charge is 0.450 e. The number of nitrogens with zero attached hydrogens (tertiary/aromatic N) is 4. The van der Waals surface area contributed by atoms with Crippen LogP contribution in [0, 0.1) is 0 Å². The molecule has 2 aromatic heterocycles. The third-order valence-corrected chi connectivity index (χ3v) is 16.9. The van der Waals surface area contributed by atoms with Crippen molar-refractivity contribution >= 4 is 21.8 Å². The fourth-order valence-electron chi connectivity index (χ4n) is 13.2. The lowest BCUT2D eigenvalue weighted by Crippen LogP contribution is -2.26. The van der Waals surface area contributed by atoms with Gasteiger partial charge in [0.25, 0.3) is 0 Å². The van der Waals surface area contributed by atoms with Crippen molar-refractivity contribution in [2.75, 3.05) is 0 Å². The topological polar surface area (TPSA) is 62.1 Å². The number of aromatic nitrogens is 4. The first kappa shape index (κ1) is 46.0. The fraction of sp³-hybridized carbons (Fsp3) is 0.0132. The first-order chi connectivity index (χ1) is 40.6. The minimum atomic E-state index is -0.570. The molecule has 1 spiro atoms. The molecule has 0 N–H and O–H groups in total. The van der Waals surface area contributed by atoms with Gasteiger partial charge >= 0.3 is 0 Å². The van der Waals surface area contributed by atoms with Gasteiger partial charge in [-0.1, -0.05) is 218 Å². The molecule has 3 heterocycles. The predicted octanol–water partition coefficient (Wildman–Crippen LogP) is 19.2. The maximum Gasteiger partial charge on any atom is 0.170 e. The van der Waals surface area contributed by atoms with E-state index in [1.165, 1.54) is 49.7 Å². The van der Waals surface area contributed by atoms with Crippen LogP contribution in [0.25, 0.3) is 117 Å². The van der Waals surface area contributed by atoms with E-state index in [0.717, 1.165) is 95.4 Å². The zero-order chi connectivity index (χ0) is 53.9. The van der Waals surface area contributed by atoms with Crippen molar-refractivity contribution in [2.45, 2.75) is 5.41 Å². The van der Waals surface area contributed by atoms with Crippen molar-refractivity contribution < 1.29 is 9.47 Å². The third-order valence-electron chi connectivity index (χ3n) is 16.9. The van der Waals surface area contributed by atoms with Gasteiger partial charge < -0.3 is 14.0 Å². The highest BCUT2D eigenvalue weighted by atomic mass is 16.6. The van der Waals surface area contributed by atoms with Crippen molar-refractivity contribution in [3.63, 3.8) is 0 Å². The van der Waals surface area contributed by atoms with Crippen molar-refractivity contribution in [1.82, 2.24) is 19.5 Å². The van der Waals surface area contributed by atoms with Crippen molar-refractivity contribution in [2.24, 2.45) is 0 Å². The van der Waals surface area contributed by atoms with Crippen LogP contribution in [0.3, 0.4) is 0 Å². The second kappa shape index (κ2) is 18.0. The Morgan fingerprint density at radius 2 is 0.695 bits per heavy atom. The molecule has 6 nitrogen and oxygen atoms in total. The van der Waals surface area contributed by atoms with Gasteiger partial charge in [-0.2, -0.15) is 0 Å². The average Bonchev–Trinajstić information content (AvgIpc) is 2.44. The molecule has 3 aliphatic rings. The third kappa shape index (κ3) is 7.04. The Morgan fingerprint density at radius 3 is 1.34 bits per heavy atom. The Bertz CT molecular complexity index is 4810. The molecule has 1 aliphatic heterocycles. The molecule has 6 heteroatoms. The Hall–Kier alpha value is -11.0. The monoisotopic (exact) mass is 1050 g/mol. The van der Waals surface area contributed by atoms with Crippen LogP contribution < -0.4 is 9.47 Å². The summed E-state index contributed by atoms with van der Waals surface area (Å²) in [4.78, 5) is 14.8. The van der Waals surface area contributed by atoms with E-state index in [4.69, 9.17) is 24.4 Å². The lowest BCUT2D eigenvalue weighted by molar-refractivity contribution is 0.359. The summed E-state index contributed by atoms with van der Waals surface area (Å²) in [5.41, 5.74) is 22.4. The summed E-state index contributed by atoms with van der Waals surface area (Å²) in [5, 5.41) is 2.41. The predicted molar refractivity (Wildman–Crippen MR) is 330 cm³/mol. The summed E-state index contributed by atoms with van der Waals surface area (Å²) in [6.07, 6.45) is 0. The Morgan fingerprint density at radius 1 is 0.256 bits per heavy atom. The SMILES string of the molecule is c1ccc(-c2nc(-c3ccccc3)nc(-c3ccc(-c4ccc(-c5cccc(-n6c7ccccc7c7cc(-c8ccc9c(c8)C8(c%10ccccc%10-c%10ccccc%108)c8cc%10c(cc8-9)Oc8ccccc8O%10)ccc76)c5)cc4)cc3)n2)cc1. The second-order valence-corrected chi connectivity index (χ2v) is 21.4. The van der Waals surface area contributed by atoms with Gasteiger partial charge in [0.05, 0.1) is 16.4 Å². The number of benzene rings is 12. The molecule has 382 valence electrons. The normalized spacial score (nSPS) is 12.9. The van der Waals surface area contributed by atoms with Crippen LogP contribution in [0.5, 0.6) is 23.0 Å². The van der Waals surface area contributed by atoms with Gasteiger partial charge in [0.15, 0.2) is 40.5 Å². The van der Waals surface area contributed by atoms with Crippen molar-refractivity contribution in [3.05, 3.63) is 301 Å². The molecule has 17 rings (SSSR count). The quantitative estimate of drug-likeness (QED) is 0.159. The fourth-order valence-corrected chi connectivity index (χ4v) is 13.2. The summed E-state index contributed by atoms with van der Waals surface area (Å²) in [7, 11) is 0. The Labute approximate surface area is 473 Å². The maximum atomic E-state index is 6.64. The van der Waals surface area contributed by atoms with E-state index in [1.54, 1.807) is 0 Å². The molecule has 0 atom stereocenters. The highest BCUT2D eigenvalue weighted by Gasteiger charge is 2.52. The molecular formula is C76H46N4O2. The molecule has 0 saturated carbocycles. The summed E-state index contributed by atoms with van der Waals surface area (Å²) in [5.74, 6) is 4.82. The molecule has 0 fully saturated rings. The molecule has 14 aromatic rings. The highest BCUT2D eigenvalue weighted by Crippen LogP contribution is 2.65. The average molecular weight is 1050 g/mol. The van der Waals surface area contributed by atoms with Crippen LogP contribution in [0.15, 0.2) is 279 Å². The van der Waals surface area contributed by atoms with Crippen LogP contribution in [0.4, 0.5) is 0 Å². The zero-order valence-corrected chi connectivity index (χ0v) is 44.2. The minimum Gasteiger partial charge on any atom is -0.450 e. The Kier molecular flexibility index (Phi) is 10.1. The van der Waals surface area contributed by atoms with E-state index in [2.05, 4.69) is 199 Å². The first-order valence-electron chi connectivity index (χ1n) is 27.8. The molecule has 0 radical (unpaired) electrons. The highest BCUT2D eigenvalue weighted by molar-refractivity contribution is 6.11. The lowest BCUT2D eigenvalue weighted by Gasteiger charge is -2.31. The molecular weight excluding hydrogens is 1000 g/mol. The van der Waals surface area contributed by atoms with Gasteiger partial charge in [-0.05, 0) is 139 Å². The summed E-state index contributed by atoms with van der Waals surface area (Å²) < 4.78 is 15.6. The molecule has 12 aromatic carbocycles. The lowest BCUT2D eigenvalue weighted by atomic mass is 9.70. The van der Waals surface area contributed by atoms with E-state index < -0.39 is 5.41 Å². The van der Waals surface area contributed by atoms with E-state index >= 15 is 0 Å². The van der Waals surface area contributed by atoms with Gasteiger partial charge in [-0.25, -0.2) is 15.0 Å². The van der Waals surface area contributed by atoms with E-state index in [-0.39, 0.29) is 0 Å². The van der Waals surface area contributed by atoms with E-state index in [1.807, 2.05) is 84.9 Å². The van der Waals surface area contributed by atoms with Crippen LogP contribution >= 0.6 is 0 Å². The number of fused-ring (bicyclic) bond motifs is 15. The number of para-hydroxylation sites is 3. The van der Waals surface area contributed by atoms with Crippen LogP contribution in [0.2, 0.25) is 0 Å². The number of rotatable bonds is 7. The summed E-state index contributed by atoms with van der Waals surface area (Å²) >= 11 is 0. The summed E-state index contributed by atoms with van der Waals surface area (Å²) in [6.45, 7) is 0. The van der Waals surface area contributed by atoms with E-state index in [0.29, 0.717) is 17.5 Å². The second-order valence-electron chi connectivity index (χ2n) is 21.4. The number of ether oxygens (including phenoxy) is 2. The first-order valence-corrected chi connectivity index (χ1v) is 27.8. The molecule has 0 bridgehead atoms. The van der Waals surface area contributed by atoms with E-state index in [9.17, 15) is 0 Å².